The Morgan fingerprint density at radius 1 is 0.964 bits per heavy atom. The van der Waals surface area contributed by atoms with Gasteiger partial charge in [-0.25, -0.2) is 4.98 Å². The van der Waals surface area contributed by atoms with Crippen molar-refractivity contribution in [2.24, 2.45) is 0 Å². The molecular formula is C22H18N2O3S. The molecule has 0 atom stereocenters. The minimum Gasteiger partial charge on any atom is -0.456 e. The van der Waals surface area contributed by atoms with Gasteiger partial charge in [-0.1, -0.05) is 42.5 Å². The van der Waals surface area contributed by atoms with Gasteiger partial charge >= 0.3 is 5.97 Å². The molecule has 0 aliphatic heterocycles. The van der Waals surface area contributed by atoms with E-state index in [1.165, 1.54) is 0 Å². The molecule has 5 nitrogen and oxygen atoms in total. The fourth-order valence-electron chi connectivity index (χ4n) is 2.92. The highest BCUT2D eigenvalue weighted by Crippen LogP contribution is 2.22. The third-order valence-electron chi connectivity index (χ3n) is 4.28. The summed E-state index contributed by atoms with van der Waals surface area (Å²) >= 11 is 1.57. The molecule has 0 unspecified atom stereocenters. The quantitative estimate of drug-likeness (QED) is 0.490. The van der Waals surface area contributed by atoms with Crippen LogP contribution in [0.25, 0.3) is 21.0 Å². The smallest absolute Gasteiger partial charge is 0.306 e. The molecule has 6 heteroatoms. The van der Waals surface area contributed by atoms with Crippen molar-refractivity contribution in [1.82, 2.24) is 4.98 Å². The zero-order chi connectivity index (χ0) is 19.3. The van der Waals surface area contributed by atoms with Crippen molar-refractivity contribution in [1.29, 1.82) is 0 Å². The van der Waals surface area contributed by atoms with Crippen LogP contribution in [0.4, 0.5) is 5.69 Å². The fourth-order valence-corrected chi connectivity index (χ4v) is 3.89. The van der Waals surface area contributed by atoms with Crippen molar-refractivity contribution >= 4 is 49.9 Å². The SMILES string of the molecule is O=C(COC(=O)CCc1nc2ccccc2s1)Nc1ccc2ccccc2c1. The van der Waals surface area contributed by atoms with E-state index in [1.54, 1.807) is 11.3 Å². The van der Waals surface area contributed by atoms with E-state index in [9.17, 15) is 9.59 Å². The number of anilines is 1. The van der Waals surface area contributed by atoms with Crippen LogP contribution >= 0.6 is 11.3 Å². The summed E-state index contributed by atoms with van der Waals surface area (Å²) in [5.41, 5.74) is 1.61. The van der Waals surface area contributed by atoms with Crippen LogP contribution in [0.1, 0.15) is 11.4 Å². The Hall–Kier alpha value is -3.25. The standard InChI is InChI=1S/C22H18N2O3S/c25-20(23-17-10-9-15-5-1-2-6-16(15)13-17)14-27-22(26)12-11-21-24-18-7-3-4-8-19(18)28-21/h1-10,13H,11-12,14H2,(H,23,25). The molecule has 0 saturated heterocycles. The van der Waals surface area contributed by atoms with Crippen LogP contribution in [-0.2, 0) is 20.7 Å². The third-order valence-corrected chi connectivity index (χ3v) is 5.37. The van der Waals surface area contributed by atoms with Crippen LogP contribution < -0.4 is 5.32 Å². The number of benzene rings is 3. The summed E-state index contributed by atoms with van der Waals surface area (Å²) in [6.07, 6.45) is 0.702. The van der Waals surface area contributed by atoms with Crippen molar-refractivity contribution < 1.29 is 14.3 Å². The number of hydrogen-bond donors (Lipinski definition) is 1. The summed E-state index contributed by atoms with van der Waals surface area (Å²) < 4.78 is 6.18. The molecule has 140 valence electrons. The summed E-state index contributed by atoms with van der Waals surface area (Å²) in [5.74, 6) is -0.767. The number of carbonyl (C=O) groups is 2. The Morgan fingerprint density at radius 2 is 1.75 bits per heavy atom. The molecule has 0 fully saturated rings. The number of aromatic nitrogens is 1. The Bertz CT molecular complexity index is 1120. The molecule has 0 radical (unpaired) electrons. The van der Waals surface area contributed by atoms with Gasteiger partial charge in [-0.2, -0.15) is 0 Å². The number of thiazole rings is 1. The lowest BCUT2D eigenvalue weighted by molar-refractivity contribution is -0.147. The van der Waals surface area contributed by atoms with Crippen LogP contribution in [0.15, 0.2) is 66.7 Å². The second kappa shape index (κ2) is 8.19. The number of carbonyl (C=O) groups excluding carboxylic acids is 2. The zero-order valence-electron chi connectivity index (χ0n) is 15.1. The monoisotopic (exact) mass is 390 g/mol. The number of rotatable bonds is 6. The zero-order valence-corrected chi connectivity index (χ0v) is 15.9. The largest absolute Gasteiger partial charge is 0.456 e. The molecule has 0 aliphatic rings. The number of nitrogens with one attached hydrogen (secondary N) is 1. The lowest BCUT2D eigenvalue weighted by Crippen LogP contribution is -2.21. The van der Waals surface area contributed by atoms with E-state index in [1.807, 2.05) is 66.7 Å². The number of amides is 1. The molecule has 1 amide bonds. The predicted molar refractivity (Wildman–Crippen MR) is 111 cm³/mol. The van der Waals surface area contributed by atoms with Gasteiger partial charge in [-0.05, 0) is 35.0 Å². The molecule has 28 heavy (non-hydrogen) atoms. The molecule has 1 heterocycles. The Balaban J connectivity index is 1.26. The molecule has 1 aromatic heterocycles. The van der Waals surface area contributed by atoms with E-state index in [2.05, 4.69) is 10.3 Å². The van der Waals surface area contributed by atoms with Crippen LogP contribution in [0.5, 0.6) is 0 Å². The molecule has 0 bridgehead atoms. The second-order valence-electron chi connectivity index (χ2n) is 6.35. The van der Waals surface area contributed by atoms with E-state index in [-0.39, 0.29) is 18.9 Å². The molecule has 4 aromatic rings. The number of ether oxygens (including phenoxy) is 1. The topological polar surface area (TPSA) is 68.3 Å². The van der Waals surface area contributed by atoms with Gasteiger partial charge in [0.15, 0.2) is 6.61 Å². The number of esters is 1. The lowest BCUT2D eigenvalue weighted by atomic mass is 10.1. The Kier molecular flexibility index (Phi) is 5.30. The van der Waals surface area contributed by atoms with Gasteiger partial charge in [0.1, 0.15) is 0 Å². The third kappa shape index (κ3) is 4.35. The molecular weight excluding hydrogens is 372 g/mol. The van der Waals surface area contributed by atoms with E-state index in [0.29, 0.717) is 12.1 Å². The van der Waals surface area contributed by atoms with Gasteiger partial charge in [-0.3, -0.25) is 9.59 Å². The number of hydrogen-bond acceptors (Lipinski definition) is 5. The van der Waals surface area contributed by atoms with Gasteiger partial charge in [-0.15, -0.1) is 11.3 Å². The number of para-hydroxylation sites is 1. The summed E-state index contributed by atoms with van der Waals surface area (Å²) in [6.45, 7) is -0.300. The second-order valence-corrected chi connectivity index (χ2v) is 7.46. The van der Waals surface area contributed by atoms with Crippen molar-refractivity contribution in [3.63, 3.8) is 0 Å². The number of nitrogens with zero attached hydrogens (tertiary/aromatic N) is 1. The summed E-state index contributed by atoms with van der Waals surface area (Å²) in [4.78, 5) is 28.5. The van der Waals surface area contributed by atoms with E-state index in [4.69, 9.17) is 4.74 Å². The van der Waals surface area contributed by atoms with Gasteiger partial charge in [0.25, 0.3) is 5.91 Å². The first-order valence-corrected chi connectivity index (χ1v) is 9.78. The maximum atomic E-state index is 12.0. The molecule has 0 aliphatic carbocycles. The highest BCUT2D eigenvalue weighted by atomic mass is 32.1. The average Bonchev–Trinajstić information content (AvgIpc) is 3.14. The molecule has 0 spiro atoms. The van der Waals surface area contributed by atoms with E-state index in [0.717, 1.165) is 26.0 Å². The minimum absolute atomic E-state index is 0.197. The maximum absolute atomic E-state index is 12.0. The molecule has 4 rings (SSSR count). The maximum Gasteiger partial charge on any atom is 0.306 e. The van der Waals surface area contributed by atoms with Gasteiger partial charge in [0, 0.05) is 12.1 Å². The van der Waals surface area contributed by atoms with Crippen molar-refractivity contribution in [2.45, 2.75) is 12.8 Å². The molecule has 1 N–H and O–H groups in total. The number of aryl methyl sites for hydroxylation is 1. The van der Waals surface area contributed by atoms with Crippen LogP contribution in [-0.4, -0.2) is 23.5 Å². The van der Waals surface area contributed by atoms with Gasteiger partial charge in [0.2, 0.25) is 0 Å². The van der Waals surface area contributed by atoms with Gasteiger partial charge < -0.3 is 10.1 Å². The Labute approximate surface area is 166 Å². The Morgan fingerprint density at radius 3 is 2.61 bits per heavy atom. The first-order valence-electron chi connectivity index (χ1n) is 8.96. The number of fused-ring (bicyclic) bond motifs is 2. The predicted octanol–water partition coefficient (Wildman–Crippen LogP) is 4.56. The van der Waals surface area contributed by atoms with Crippen molar-refractivity contribution in [3.8, 4) is 0 Å². The normalized spacial score (nSPS) is 10.9. The molecule has 3 aromatic carbocycles. The average molecular weight is 390 g/mol. The van der Waals surface area contributed by atoms with E-state index < -0.39 is 5.97 Å². The van der Waals surface area contributed by atoms with Crippen LogP contribution in [0, 0.1) is 0 Å². The summed E-state index contributed by atoms with van der Waals surface area (Å²) in [7, 11) is 0. The highest BCUT2D eigenvalue weighted by molar-refractivity contribution is 7.18. The summed E-state index contributed by atoms with van der Waals surface area (Å²) in [5, 5.41) is 5.78. The lowest BCUT2D eigenvalue weighted by Gasteiger charge is -2.07. The van der Waals surface area contributed by atoms with E-state index >= 15 is 0 Å². The minimum atomic E-state index is -0.409. The highest BCUT2D eigenvalue weighted by Gasteiger charge is 2.10. The van der Waals surface area contributed by atoms with Crippen LogP contribution in [0.3, 0.4) is 0 Å². The van der Waals surface area contributed by atoms with Gasteiger partial charge in [0.05, 0.1) is 21.6 Å². The first-order chi connectivity index (χ1) is 13.7. The summed E-state index contributed by atoms with van der Waals surface area (Å²) in [6, 6.07) is 21.4. The first kappa shape index (κ1) is 18.1. The van der Waals surface area contributed by atoms with Crippen LogP contribution in [0.2, 0.25) is 0 Å². The van der Waals surface area contributed by atoms with Crippen molar-refractivity contribution in [3.05, 3.63) is 71.7 Å². The fraction of sp³-hybridized carbons (Fsp3) is 0.136. The molecule has 0 saturated carbocycles. The van der Waals surface area contributed by atoms with Crippen molar-refractivity contribution in [2.75, 3.05) is 11.9 Å².